The fraction of sp³-hybridized carbons (Fsp3) is 0.462. The van der Waals surface area contributed by atoms with E-state index in [-0.39, 0.29) is 42.4 Å². The number of nitrogens with zero attached hydrogens (tertiary/aromatic N) is 2. The standard InChI is InChI=1S/C39H40N4O10S/c1-16-8-20-9-22-23(12-40)43-24-13-50-38(47)39(21-11-26(48-4)25(45)10-19(21)6-7-41-39)14-54-37(31(43)30(42-22)27(20)32(46)33(16)49-5)29-28(24)36-35(51-15-52-36)17(2)34(29)53-18(3)44/h8,10-11,22-24,30-31,37,41-42,45-46H,6-7,9,13-15H2,1-5H3/t22?,23-,24-,30+,31?,37+,39+/m0/s1. The van der Waals surface area contributed by atoms with Gasteiger partial charge in [0.15, 0.2) is 40.0 Å². The minimum atomic E-state index is -1.36. The number of aryl methyl sites for hydroxylation is 1. The normalized spacial score (nSPS) is 28.9. The van der Waals surface area contributed by atoms with Gasteiger partial charge in [-0.15, -0.1) is 11.8 Å². The zero-order valence-corrected chi connectivity index (χ0v) is 31.2. The van der Waals surface area contributed by atoms with E-state index in [1.165, 1.54) is 32.9 Å². The average Bonchev–Trinajstić information content (AvgIpc) is 3.64. The van der Waals surface area contributed by atoms with Crippen LogP contribution in [0.1, 0.15) is 68.8 Å². The van der Waals surface area contributed by atoms with E-state index in [1.807, 2.05) is 19.9 Å². The number of thioether (sulfide) groups is 1. The Kier molecular flexibility index (Phi) is 8.13. The van der Waals surface area contributed by atoms with Crippen molar-refractivity contribution in [1.29, 1.82) is 5.26 Å². The Bertz CT molecular complexity index is 2190. The van der Waals surface area contributed by atoms with Crippen LogP contribution < -0.4 is 34.3 Å². The van der Waals surface area contributed by atoms with E-state index < -0.39 is 46.9 Å². The van der Waals surface area contributed by atoms with Crippen LogP contribution in [0.5, 0.6) is 40.2 Å². The lowest BCUT2D eigenvalue weighted by atomic mass is 9.72. The third kappa shape index (κ3) is 4.76. The number of aromatic hydroxyl groups is 2. The number of hydrogen-bond acceptors (Lipinski definition) is 15. The first-order valence-electron chi connectivity index (χ1n) is 17.9. The second-order valence-electron chi connectivity index (χ2n) is 14.7. The van der Waals surface area contributed by atoms with Gasteiger partial charge >= 0.3 is 11.9 Å². The molecule has 0 amide bonds. The second kappa shape index (κ2) is 12.6. The summed E-state index contributed by atoms with van der Waals surface area (Å²) in [7, 11) is 2.99. The molecule has 7 heterocycles. The molecular formula is C39H40N4O10S. The van der Waals surface area contributed by atoms with E-state index in [1.54, 1.807) is 12.1 Å². The number of nitrogens with one attached hydrogen (secondary N) is 2. The minimum absolute atomic E-state index is 0.0248. The molecule has 2 saturated heterocycles. The maximum absolute atomic E-state index is 14.7. The number of esters is 2. The van der Waals surface area contributed by atoms with Crippen molar-refractivity contribution in [3.05, 3.63) is 62.7 Å². The number of methoxy groups -OCH3 is 2. The van der Waals surface area contributed by atoms with Gasteiger partial charge in [0.25, 0.3) is 0 Å². The molecule has 4 N–H and O–H groups in total. The molecule has 0 radical (unpaired) electrons. The van der Waals surface area contributed by atoms with Gasteiger partial charge in [-0.2, -0.15) is 5.26 Å². The lowest BCUT2D eigenvalue weighted by Crippen LogP contribution is -2.69. The number of hydrogen-bond donors (Lipinski definition) is 4. The van der Waals surface area contributed by atoms with Crippen molar-refractivity contribution in [1.82, 2.24) is 15.5 Å². The summed E-state index contributed by atoms with van der Waals surface area (Å²) < 4.78 is 35.9. The van der Waals surface area contributed by atoms with Crippen LogP contribution in [0, 0.1) is 25.2 Å². The van der Waals surface area contributed by atoms with E-state index in [9.17, 15) is 25.1 Å². The molecule has 2 unspecified atom stereocenters. The van der Waals surface area contributed by atoms with Gasteiger partial charge in [0, 0.05) is 53.6 Å². The Hall–Kier alpha value is -4.88. The molecule has 54 heavy (non-hydrogen) atoms. The Morgan fingerprint density at radius 2 is 1.85 bits per heavy atom. The van der Waals surface area contributed by atoms with Gasteiger partial charge in [-0.1, -0.05) is 6.07 Å². The van der Waals surface area contributed by atoms with E-state index in [0.29, 0.717) is 70.2 Å². The van der Waals surface area contributed by atoms with Crippen LogP contribution >= 0.6 is 11.8 Å². The van der Waals surface area contributed by atoms with Crippen LogP contribution in [0.2, 0.25) is 0 Å². The number of carbonyl (C=O) groups is 2. The number of carbonyl (C=O) groups excluding carboxylic acids is 2. The largest absolute Gasteiger partial charge is 0.504 e. The van der Waals surface area contributed by atoms with Crippen LogP contribution in [0.15, 0.2) is 18.2 Å². The molecule has 7 aliphatic heterocycles. The Morgan fingerprint density at radius 1 is 1.06 bits per heavy atom. The molecule has 1 spiro atoms. The zero-order valence-electron chi connectivity index (χ0n) is 30.4. The third-order valence-corrected chi connectivity index (χ3v) is 13.4. The molecule has 7 atom stereocenters. The van der Waals surface area contributed by atoms with Crippen molar-refractivity contribution < 1.29 is 48.2 Å². The van der Waals surface area contributed by atoms with Crippen molar-refractivity contribution >= 4 is 23.7 Å². The predicted molar refractivity (Wildman–Crippen MR) is 193 cm³/mol. The van der Waals surface area contributed by atoms with Crippen LogP contribution in [-0.4, -0.2) is 85.1 Å². The highest BCUT2D eigenvalue weighted by Gasteiger charge is 2.60. The molecule has 15 heteroatoms. The van der Waals surface area contributed by atoms with Gasteiger partial charge < -0.3 is 44.0 Å². The fourth-order valence-electron chi connectivity index (χ4n) is 9.79. The van der Waals surface area contributed by atoms with Crippen molar-refractivity contribution in [3.8, 4) is 46.3 Å². The highest BCUT2D eigenvalue weighted by Crippen LogP contribution is 2.63. The summed E-state index contributed by atoms with van der Waals surface area (Å²) in [5, 5.41) is 40.3. The van der Waals surface area contributed by atoms with Gasteiger partial charge in [0.2, 0.25) is 6.79 Å². The topological polar surface area (TPSA) is 181 Å². The van der Waals surface area contributed by atoms with Gasteiger partial charge in [-0.3, -0.25) is 15.0 Å². The quantitative estimate of drug-likeness (QED) is 0.225. The van der Waals surface area contributed by atoms with Gasteiger partial charge in [-0.05, 0) is 61.1 Å². The summed E-state index contributed by atoms with van der Waals surface area (Å²) in [5.41, 5.74) is 4.33. The number of nitriles is 1. The van der Waals surface area contributed by atoms with Crippen molar-refractivity contribution in [2.24, 2.45) is 0 Å². The summed E-state index contributed by atoms with van der Waals surface area (Å²) in [6, 6.07) is 5.06. The van der Waals surface area contributed by atoms with E-state index in [0.717, 1.165) is 16.7 Å². The zero-order chi connectivity index (χ0) is 37.8. The molecular weight excluding hydrogens is 717 g/mol. The number of phenols is 2. The average molecular weight is 757 g/mol. The summed E-state index contributed by atoms with van der Waals surface area (Å²) in [4.78, 5) is 29.7. The number of phenolic OH excluding ortho intramolecular Hbond substituents is 2. The smallest absolute Gasteiger partial charge is 0.331 e. The van der Waals surface area contributed by atoms with Crippen molar-refractivity contribution in [2.75, 3.05) is 39.9 Å². The first-order valence-corrected chi connectivity index (χ1v) is 19.0. The molecule has 0 saturated carbocycles. The van der Waals surface area contributed by atoms with Gasteiger partial charge in [-0.25, -0.2) is 4.79 Å². The van der Waals surface area contributed by atoms with E-state index >= 15 is 0 Å². The Balaban J connectivity index is 1.32. The molecule has 0 aliphatic carbocycles. The highest BCUT2D eigenvalue weighted by molar-refractivity contribution is 7.99. The van der Waals surface area contributed by atoms with Gasteiger partial charge in [0.05, 0.1) is 37.6 Å². The van der Waals surface area contributed by atoms with E-state index in [4.69, 9.17) is 28.4 Å². The molecule has 10 rings (SSSR count). The predicted octanol–water partition coefficient (Wildman–Crippen LogP) is 3.64. The molecule has 3 aromatic carbocycles. The highest BCUT2D eigenvalue weighted by atomic mass is 32.2. The maximum Gasteiger partial charge on any atom is 0.331 e. The van der Waals surface area contributed by atoms with Gasteiger partial charge in [0.1, 0.15) is 18.4 Å². The van der Waals surface area contributed by atoms with Crippen LogP contribution in [0.3, 0.4) is 0 Å². The first kappa shape index (κ1) is 34.9. The number of benzene rings is 3. The summed E-state index contributed by atoms with van der Waals surface area (Å²) >= 11 is 1.46. The van der Waals surface area contributed by atoms with Crippen LogP contribution in [0.4, 0.5) is 0 Å². The molecule has 3 aromatic rings. The monoisotopic (exact) mass is 756 g/mol. The summed E-state index contributed by atoms with van der Waals surface area (Å²) in [6.07, 6.45) is 1.03. The van der Waals surface area contributed by atoms with Crippen molar-refractivity contribution in [3.63, 3.8) is 0 Å². The number of fused-ring (bicyclic) bond motifs is 9. The molecule has 14 nitrogen and oxygen atoms in total. The van der Waals surface area contributed by atoms with Crippen LogP contribution in [0.25, 0.3) is 0 Å². The van der Waals surface area contributed by atoms with E-state index in [2.05, 4.69) is 21.6 Å². The molecule has 282 valence electrons. The number of ether oxygens (including phenoxy) is 6. The minimum Gasteiger partial charge on any atom is -0.504 e. The number of piperazine rings is 1. The first-order chi connectivity index (χ1) is 26.0. The van der Waals surface area contributed by atoms with Crippen LogP contribution in [-0.2, 0) is 32.7 Å². The second-order valence-corrected chi connectivity index (χ2v) is 15.8. The third-order valence-electron chi connectivity index (χ3n) is 11.9. The Labute approximate surface area is 315 Å². The molecule has 2 fully saturated rings. The SMILES string of the molecule is COc1cc2c(cc1O)CCN[C@]21CS[C@@H]2c3c(OC(C)=O)c(C)c4c(c3[C@H](COC1=O)N1C2[C@@H]2NC(Cc3cc(C)c(OC)c(O)c32)[C@@H]1C#N)OCO4. The van der Waals surface area contributed by atoms with Crippen molar-refractivity contribution in [2.45, 2.75) is 74.6 Å². The lowest BCUT2D eigenvalue weighted by Gasteiger charge is -2.59. The fourth-order valence-corrected chi connectivity index (χ4v) is 11.5. The summed E-state index contributed by atoms with van der Waals surface area (Å²) in [5.74, 6) is 0.913. The maximum atomic E-state index is 14.7. The number of rotatable bonds is 3. The molecule has 0 aromatic heterocycles. The summed E-state index contributed by atoms with van der Waals surface area (Å²) in [6.45, 7) is 5.25. The molecule has 4 bridgehead atoms. The Morgan fingerprint density at radius 3 is 2.59 bits per heavy atom. The lowest BCUT2D eigenvalue weighted by molar-refractivity contribution is -0.155. The molecule has 7 aliphatic rings.